The molecule has 4 nitrogen and oxygen atoms in total. The molecule has 0 unspecified atom stereocenters. The SMILES string of the molecule is Cc1ccc(OCC(C)(C)C(=O)NN)c(Cl)c1. The third-order valence-corrected chi connectivity index (χ3v) is 2.72. The Hall–Kier alpha value is -1.26. The molecule has 3 N–H and O–H groups in total. The van der Waals surface area contributed by atoms with Crippen LogP contribution < -0.4 is 16.0 Å². The first kappa shape index (κ1) is 13.8. The zero-order valence-corrected chi connectivity index (χ0v) is 11.0. The molecule has 0 aromatic heterocycles. The summed E-state index contributed by atoms with van der Waals surface area (Å²) in [6, 6.07) is 5.50. The number of carbonyl (C=O) groups excluding carboxylic acids is 1. The van der Waals surface area contributed by atoms with Gasteiger partial charge in [-0.15, -0.1) is 0 Å². The molecule has 0 atom stereocenters. The predicted octanol–water partition coefficient (Wildman–Crippen LogP) is 2.04. The molecular weight excluding hydrogens is 240 g/mol. The van der Waals surface area contributed by atoms with E-state index in [9.17, 15) is 4.79 Å². The van der Waals surface area contributed by atoms with Gasteiger partial charge in [0.2, 0.25) is 5.91 Å². The lowest BCUT2D eigenvalue weighted by Crippen LogP contribution is -2.44. The molecule has 0 heterocycles. The second-order valence-electron chi connectivity index (χ2n) is 4.58. The maximum Gasteiger partial charge on any atom is 0.242 e. The molecule has 0 saturated heterocycles. The molecule has 1 amide bonds. The van der Waals surface area contributed by atoms with Crippen LogP contribution in [0.3, 0.4) is 0 Å². The molecule has 0 aliphatic rings. The van der Waals surface area contributed by atoms with Gasteiger partial charge in [0.15, 0.2) is 0 Å². The summed E-state index contributed by atoms with van der Waals surface area (Å²) in [5.41, 5.74) is 2.46. The minimum absolute atomic E-state index is 0.207. The Bertz CT molecular complexity index is 419. The van der Waals surface area contributed by atoms with Crippen molar-refractivity contribution < 1.29 is 9.53 Å². The largest absolute Gasteiger partial charge is 0.491 e. The first-order valence-electron chi connectivity index (χ1n) is 5.27. The van der Waals surface area contributed by atoms with Gasteiger partial charge < -0.3 is 4.74 Å². The van der Waals surface area contributed by atoms with Crippen molar-refractivity contribution in [2.45, 2.75) is 20.8 Å². The highest BCUT2D eigenvalue weighted by atomic mass is 35.5. The van der Waals surface area contributed by atoms with Gasteiger partial charge in [0, 0.05) is 0 Å². The van der Waals surface area contributed by atoms with E-state index < -0.39 is 5.41 Å². The van der Waals surface area contributed by atoms with Crippen molar-refractivity contribution in [2.24, 2.45) is 11.3 Å². The number of ether oxygens (including phenoxy) is 1. The fraction of sp³-hybridized carbons (Fsp3) is 0.417. The summed E-state index contributed by atoms with van der Waals surface area (Å²) in [6.45, 7) is 5.65. The van der Waals surface area contributed by atoms with Crippen LogP contribution in [-0.2, 0) is 4.79 Å². The van der Waals surface area contributed by atoms with E-state index in [0.717, 1.165) is 5.56 Å². The normalized spacial score (nSPS) is 11.1. The van der Waals surface area contributed by atoms with E-state index in [4.69, 9.17) is 22.2 Å². The number of hydrogen-bond acceptors (Lipinski definition) is 3. The summed E-state index contributed by atoms with van der Waals surface area (Å²) in [5.74, 6) is 5.38. The number of hydrazine groups is 1. The fourth-order valence-corrected chi connectivity index (χ4v) is 1.53. The van der Waals surface area contributed by atoms with Crippen LogP contribution in [0.5, 0.6) is 5.75 Å². The molecule has 17 heavy (non-hydrogen) atoms. The lowest BCUT2D eigenvalue weighted by molar-refractivity contribution is -0.130. The van der Waals surface area contributed by atoms with Gasteiger partial charge >= 0.3 is 0 Å². The number of nitrogens with two attached hydrogens (primary N) is 1. The highest BCUT2D eigenvalue weighted by Gasteiger charge is 2.28. The average molecular weight is 257 g/mol. The summed E-state index contributed by atoms with van der Waals surface area (Å²) < 4.78 is 5.53. The fourth-order valence-electron chi connectivity index (χ4n) is 1.24. The van der Waals surface area contributed by atoms with Crippen molar-refractivity contribution in [3.63, 3.8) is 0 Å². The topological polar surface area (TPSA) is 64.3 Å². The first-order valence-corrected chi connectivity index (χ1v) is 5.64. The van der Waals surface area contributed by atoms with Crippen molar-refractivity contribution in [1.82, 2.24) is 5.43 Å². The van der Waals surface area contributed by atoms with Crippen LogP contribution >= 0.6 is 11.6 Å². The van der Waals surface area contributed by atoms with Gasteiger partial charge in [-0.2, -0.15) is 0 Å². The van der Waals surface area contributed by atoms with Gasteiger partial charge in [0.25, 0.3) is 0 Å². The number of aryl methyl sites for hydroxylation is 1. The smallest absolute Gasteiger partial charge is 0.242 e. The zero-order valence-electron chi connectivity index (χ0n) is 10.2. The van der Waals surface area contributed by atoms with Crippen molar-refractivity contribution >= 4 is 17.5 Å². The van der Waals surface area contributed by atoms with Gasteiger partial charge in [-0.05, 0) is 38.5 Å². The van der Waals surface area contributed by atoms with Crippen LogP contribution in [0.25, 0.3) is 0 Å². The first-order chi connectivity index (χ1) is 7.86. The van der Waals surface area contributed by atoms with Gasteiger partial charge in [0.05, 0.1) is 10.4 Å². The van der Waals surface area contributed by atoms with Crippen molar-refractivity contribution in [2.75, 3.05) is 6.61 Å². The zero-order chi connectivity index (χ0) is 13.1. The van der Waals surface area contributed by atoms with Crippen LogP contribution in [0.2, 0.25) is 5.02 Å². The van der Waals surface area contributed by atoms with Crippen LogP contribution in [0.4, 0.5) is 0 Å². The summed E-state index contributed by atoms with van der Waals surface area (Å²) >= 11 is 6.02. The second-order valence-corrected chi connectivity index (χ2v) is 4.99. The lowest BCUT2D eigenvalue weighted by atomic mass is 9.94. The molecule has 0 bridgehead atoms. The van der Waals surface area contributed by atoms with Crippen molar-refractivity contribution in [1.29, 1.82) is 0 Å². The molecule has 1 rings (SSSR count). The molecule has 0 aliphatic heterocycles. The number of hydrogen-bond donors (Lipinski definition) is 2. The molecule has 5 heteroatoms. The molecule has 0 spiro atoms. The number of carbonyl (C=O) groups is 1. The molecule has 0 aliphatic carbocycles. The second kappa shape index (κ2) is 5.38. The molecule has 94 valence electrons. The number of amides is 1. The summed E-state index contributed by atoms with van der Waals surface area (Å²) in [5, 5.41) is 0.536. The van der Waals surface area contributed by atoms with E-state index >= 15 is 0 Å². The molecule has 0 saturated carbocycles. The van der Waals surface area contributed by atoms with Crippen molar-refractivity contribution in [3.8, 4) is 5.75 Å². The molecule has 0 radical (unpaired) electrons. The maximum absolute atomic E-state index is 11.4. The summed E-state index contributed by atoms with van der Waals surface area (Å²) in [4.78, 5) is 11.4. The van der Waals surface area contributed by atoms with Crippen molar-refractivity contribution in [3.05, 3.63) is 28.8 Å². The van der Waals surface area contributed by atoms with Crippen LogP contribution in [0.15, 0.2) is 18.2 Å². The van der Waals surface area contributed by atoms with E-state index in [0.29, 0.717) is 10.8 Å². The standard InChI is InChI=1S/C12H17ClN2O2/c1-8-4-5-10(9(13)6-8)17-7-12(2,3)11(16)15-14/h4-6H,7,14H2,1-3H3,(H,15,16). The highest BCUT2D eigenvalue weighted by Crippen LogP contribution is 2.27. The maximum atomic E-state index is 11.4. The summed E-state index contributed by atoms with van der Waals surface area (Å²) in [7, 11) is 0. The lowest BCUT2D eigenvalue weighted by Gasteiger charge is -2.22. The number of nitrogens with one attached hydrogen (secondary N) is 1. The van der Waals surface area contributed by atoms with Crippen LogP contribution in [-0.4, -0.2) is 12.5 Å². The Morgan fingerprint density at radius 2 is 2.18 bits per heavy atom. The molecule has 0 fully saturated rings. The molecule has 1 aromatic carbocycles. The highest BCUT2D eigenvalue weighted by molar-refractivity contribution is 6.32. The minimum atomic E-state index is -0.705. The Morgan fingerprint density at radius 1 is 1.53 bits per heavy atom. The molecular formula is C12H17ClN2O2. The Morgan fingerprint density at radius 3 is 2.71 bits per heavy atom. The van der Waals surface area contributed by atoms with Gasteiger partial charge in [0.1, 0.15) is 12.4 Å². The van der Waals surface area contributed by atoms with Gasteiger partial charge in [-0.25, -0.2) is 5.84 Å². The number of halogens is 1. The van der Waals surface area contributed by atoms with Crippen LogP contribution in [0, 0.1) is 12.3 Å². The third kappa shape index (κ3) is 3.61. The Balaban J connectivity index is 2.70. The summed E-state index contributed by atoms with van der Waals surface area (Å²) in [6.07, 6.45) is 0. The predicted molar refractivity (Wildman–Crippen MR) is 67.8 cm³/mol. The number of rotatable bonds is 4. The van der Waals surface area contributed by atoms with E-state index in [1.165, 1.54) is 0 Å². The van der Waals surface area contributed by atoms with Crippen LogP contribution in [0.1, 0.15) is 19.4 Å². The van der Waals surface area contributed by atoms with E-state index in [2.05, 4.69) is 5.43 Å². The Labute approximate surface area is 106 Å². The van der Waals surface area contributed by atoms with E-state index in [-0.39, 0.29) is 12.5 Å². The average Bonchev–Trinajstić information content (AvgIpc) is 2.26. The third-order valence-electron chi connectivity index (χ3n) is 2.42. The molecule has 1 aromatic rings. The minimum Gasteiger partial charge on any atom is -0.491 e. The number of benzene rings is 1. The quantitative estimate of drug-likeness (QED) is 0.492. The van der Waals surface area contributed by atoms with E-state index in [1.54, 1.807) is 19.9 Å². The Kier molecular flexibility index (Phi) is 4.37. The van der Waals surface area contributed by atoms with Gasteiger partial charge in [-0.1, -0.05) is 17.7 Å². The van der Waals surface area contributed by atoms with E-state index in [1.807, 2.05) is 19.1 Å². The van der Waals surface area contributed by atoms with Gasteiger partial charge in [-0.3, -0.25) is 10.2 Å². The monoisotopic (exact) mass is 256 g/mol.